The highest BCUT2D eigenvalue weighted by Gasteiger charge is 2.31. The Hall–Kier alpha value is -2.93. The number of alkyl halides is 3. The van der Waals surface area contributed by atoms with E-state index in [0.29, 0.717) is 15.7 Å². The molecule has 0 aliphatic carbocycles. The molecule has 1 atom stereocenters. The van der Waals surface area contributed by atoms with Crippen molar-refractivity contribution < 1.29 is 18.3 Å². The van der Waals surface area contributed by atoms with Crippen LogP contribution in [0.2, 0.25) is 0 Å². The minimum Gasteiger partial charge on any atom is -0.374 e. The number of rotatable bonds is 5. The van der Waals surface area contributed by atoms with Gasteiger partial charge in [0.1, 0.15) is 6.23 Å². The van der Waals surface area contributed by atoms with Crippen LogP contribution in [-0.4, -0.2) is 16.7 Å². The summed E-state index contributed by atoms with van der Waals surface area (Å²) in [5.41, 5.74) is 0.470. The molecule has 1 heterocycles. The standard InChI is InChI=1S/C23H19BrF3N3O2/c1-13-20(15-4-3-5-17(9-15)23(25,26)27)21(31)18(22(32)29-2)12-30(13)11-16-7-6-14(10-28)8-19(16)24/h3-9,12,22,29,32H,11H2,1-2H3. The topological polar surface area (TPSA) is 78.0 Å². The monoisotopic (exact) mass is 505 g/mol. The number of nitrogens with zero attached hydrogens (tertiary/aromatic N) is 2. The lowest BCUT2D eigenvalue weighted by Crippen LogP contribution is -2.27. The molecule has 0 aliphatic heterocycles. The number of aliphatic hydroxyl groups excluding tert-OH is 1. The van der Waals surface area contributed by atoms with E-state index >= 15 is 0 Å². The van der Waals surface area contributed by atoms with Crippen LogP contribution in [0, 0.1) is 18.3 Å². The van der Waals surface area contributed by atoms with Crippen molar-refractivity contribution in [3.05, 3.63) is 91.3 Å². The van der Waals surface area contributed by atoms with Gasteiger partial charge in [-0.25, -0.2) is 0 Å². The summed E-state index contributed by atoms with van der Waals surface area (Å²) in [4.78, 5) is 13.2. The first-order valence-corrected chi connectivity index (χ1v) is 10.3. The van der Waals surface area contributed by atoms with Crippen molar-refractivity contribution in [2.75, 3.05) is 7.05 Å². The number of nitriles is 1. The maximum absolute atomic E-state index is 13.3. The first-order valence-electron chi connectivity index (χ1n) is 9.52. The van der Waals surface area contributed by atoms with Crippen LogP contribution in [0.5, 0.6) is 0 Å². The molecule has 0 radical (unpaired) electrons. The van der Waals surface area contributed by atoms with Crippen LogP contribution < -0.4 is 10.7 Å². The Morgan fingerprint density at radius 1 is 1.25 bits per heavy atom. The molecule has 0 fully saturated rings. The Kier molecular flexibility index (Phi) is 6.88. The summed E-state index contributed by atoms with van der Waals surface area (Å²) in [5, 5.41) is 22.0. The van der Waals surface area contributed by atoms with Gasteiger partial charge in [0.25, 0.3) is 0 Å². The van der Waals surface area contributed by atoms with Crippen molar-refractivity contribution in [3.8, 4) is 17.2 Å². The fourth-order valence-electron chi connectivity index (χ4n) is 3.41. The van der Waals surface area contributed by atoms with Crippen molar-refractivity contribution in [3.63, 3.8) is 0 Å². The number of pyridine rings is 1. The van der Waals surface area contributed by atoms with Crippen LogP contribution in [-0.2, 0) is 12.7 Å². The van der Waals surface area contributed by atoms with E-state index in [9.17, 15) is 23.1 Å². The zero-order chi connectivity index (χ0) is 23.6. The number of aliphatic hydroxyl groups is 1. The minimum absolute atomic E-state index is 0.00952. The molecule has 0 spiro atoms. The molecule has 9 heteroatoms. The molecule has 0 aliphatic rings. The van der Waals surface area contributed by atoms with E-state index in [2.05, 4.69) is 21.2 Å². The summed E-state index contributed by atoms with van der Waals surface area (Å²) < 4.78 is 42.1. The van der Waals surface area contributed by atoms with Gasteiger partial charge < -0.3 is 9.67 Å². The second kappa shape index (κ2) is 9.28. The number of aromatic nitrogens is 1. The maximum Gasteiger partial charge on any atom is 0.416 e. The van der Waals surface area contributed by atoms with Crippen molar-refractivity contribution in [1.82, 2.24) is 9.88 Å². The van der Waals surface area contributed by atoms with Crippen LogP contribution in [0.25, 0.3) is 11.1 Å². The Morgan fingerprint density at radius 3 is 2.56 bits per heavy atom. The number of halogens is 4. The van der Waals surface area contributed by atoms with Gasteiger partial charge in [-0.3, -0.25) is 10.1 Å². The van der Waals surface area contributed by atoms with Crippen molar-refractivity contribution in [2.45, 2.75) is 25.9 Å². The van der Waals surface area contributed by atoms with Crippen molar-refractivity contribution in [2.24, 2.45) is 0 Å². The molecular formula is C23H19BrF3N3O2. The third-order valence-electron chi connectivity index (χ3n) is 5.15. The number of hydrogen-bond acceptors (Lipinski definition) is 4. The fraction of sp³-hybridized carbons (Fsp3) is 0.217. The number of benzene rings is 2. The van der Waals surface area contributed by atoms with Gasteiger partial charge in [0, 0.05) is 28.5 Å². The second-order valence-electron chi connectivity index (χ2n) is 7.19. The van der Waals surface area contributed by atoms with Crippen LogP contribution in [0.15, 0.2) is 57.9 Å². The normalized spacial score (nSPS) is 12.4. The molecule has 3 aromatic rings. The highest BCUT2D eigenvalue weighted by Crippen LogP contribution is 2.33. The van der Waals surface area contributed by atoms with Crippen LogP contribution >= 0.6 is 15.9 Å². The lowest BCUT2D eigenvalue weighted by Gasteiger charge is -2.20. The minimum atomic E-state index is -4.56. The Labute approximate surface area is 190 Å². The highest BCUT2D eigenvalue weighted by molar-refractivity contribution is 9.10. The first kappa shape index (κ1) is 23.7. The summed E-state index contributed by atoms with van der Waals surface area (Å²) in [6, 6.07) is 11.7. The van der Waals surface area contributed by atoms with Crippen LogP contribution in [0.1, 0.15) is 34.2 Å². The summed E-state index contributed by atoms with van der Waals surface area (Å²) in [5.74, 6) is 0. The third kappa shape index (κ3) is 4.78. The van der Waals surface area contributed by atoms with Gasteiger partial charge in [-0.2, -0.15) is 18.4 Å². The average Bonchev–Trinajstić information content (AvgIpc) is 2.76. The SMILES string of the molecule is CNC(O)c1cn(Cc2ccc(C#N)cc2Br)c(C)c(-c2cccc(C(F)(F)F)c2)c1=O. The quantitative estimate of drug-likeness (QED) is 0.491. The van der Waals surface area contributed by atoms with Gasteiger partial charge in [-0.05, 0) is 49.4 Å². The molecule has 32 heavy (non-hydrogen) atoms. The van der Waals surface area contributed by atoms with E-state index in [1.165, 1.54) is 25.4 Å². The Bertz CT molecular complexity index is 1260. The Balaban J connectivity index is 2.23. The molecule has 0 saturated carbocycles. The molecule has 1 aromatic heterocycles. The molecule has 5 nitrogen and oxygen atoms in total. The van der Waals surface area contributed by atoms with Gasteiger partial charge in [-0.15, -0.1) is 0 Å². The lowest BCUT2D eigenvalue weighted by molar-refractivity contribution is -0.137. The Morgan fingerprint density at radius 2 is 1.97 bits per heavy atom. The molecule has 0 bridgehead atoms. The highest BCUT2D eigenvalue weighted by atomic mass is 79.9. The van der Waals surface area contributed by atoms with Gasteiger partial charge in [0.2, 0.25) is 0 Å². The average molecular weight is 506 g/mol. The van der Waals surface area contributed by atoms with Crippen molar-refractivity contribution in [1.29, 1.82) is 5.26 Å². The lowest BCUT2D eigenvalue weighted by atomic mass is 9.98. The summed E-state index contributed by atoms with van der Waals surface area (Å²) in [6.07, 6.45) is -4.37. The number of hydrogen-bond donors (Lipinski definition) is 2. The van der Waals surface area contributed by atoms with Crippen molar-refractivity contribution >= 4 is 15.9 Å². The van der Waals surface area contributed by atoms with E-state index < -0.39 is 23.4 Å². The van der Waals surface area contributed by atoms with E-state index in [-0.39, 0.29) is 23.2 Å². The van der Waals surface area contributed by atoms with E-state index in [1.54, 1.807) is 29.7 Å². The predicted molar refractivity (Wildman–Crippen MR) is 118 cm³/mol. The maximum atomic E-state index is 13.3. The summed E-state index contributed by atoms with van der Waals surface area (Å²) in [7, 11) is 1.47. The molecule has 1 unspecified atom stereocenters. The summed E-state index contributed by atoms with van der Waals surface area (Å²) >= 11 is 3.43. The first-order chi connectivity index (χ1) is 15.1. The van der Waals surface area contributed by atoms with Gasteiger partial charge in [0.15, 0.2) is 5.43 Å². The molecule has 0 saturated heterocycles. The van der Waals surface area contributed by atoms with Gasteiger partial charge in [-0.1, -0.05) is 34.1 Å². The zero-order valence-corrected chi connectivity index (χ0v) is 18.8. The third-order valence-corrected chi connectivity index (χ3v) is 5.88. The van der Waals surface area contributed by atoms with E-state index in [0.717, 1.165) is 17.7 Å². The van der Waals surface area contributed by atoms with Gasteiger partial charge >= 0.3 is 6.18 Å². The largest absolute Gasteiger partial charge is 0.416 e. The second-order valence-corrected chi connectivity index (χ2v) is 8.04. The molecule has 2 N–H and O–H groups in total. The van der Waals surface area contributed by atoms with Gasteiger partial charge in [0.05, 0.1) is 22.8 Å². The van der Waals surface area contributed by atoms with E-state index in [4.69, 9.17) is 5.26 Å². The van der Waals surface area contributed by atoms with E-state index in [1.807, 2.05) is 6.07 Å². The molecule has 2 aromatic carbocycles. The molecule has 0 amide bonds. The fourth-order valence-corrected chi connectivity index (χ4v) is 3.91. The molecular weight excluding hydrogens is 487 g/mol. The molecule has 3 rings (SSSR count). The molecule has 166 valence electrons. The zero-order valence-electron chi connectivity index (χ0n) is 17.2. The van der Waals surface area contributed by atoms with Crippen LogP contribution in [0.4, 0.5) is 13.2 Å². The van der Waals surface area contributed by atoms with Crippen LogP contribution in [0.3, 0.4) is 0 Å². The smallest absolute Gasteiger partial charge is 0.374 e. The number of nitrogens with one attached hydrogen (secondary N) is 1. The summed E-state index contributed by atoms with van der Waals surface area (Å²) in [6.45, 7) is 1.90. The predicted octanol–water partition coefficient (Wildman–Crippen LogP) is 4.74.